The number of nitrogens with two attached hydrogens (primary N) is 1. The van der Waals surface area contributed by atoms with Crippen LogP contribution in [-0.4, -0.2) is 66.3 Å². The molecule has 1 aliphatic rings. The molecule has 0 saturated carbocycles. The van der Waals surface area contributed by atoms with Gasteiger partial charge in [-0.1, -0.05) is 23.7 Å². The Kier molecular flexibility index (Phi) is 7.32. The molecule has 0 aliphatic carbocycles. The number of amides is 2. The number of nitrogen functional groups attached to an aromatic ring is 1. The summed E-state index contributed by atoms with van der Waals surface area (Å²) in [5.74, 6) is 2.09. The van der Waals surface area contributed by atoms with Gasteiger partial charge in [-0.05, 0) is 48.0 Å². The summed E-state index contributed by atoms with van der Waals surface area (Å²) in [7, 11) is 3.20. The van der Waals surface area contributed by atoms with Crippen LogP contribution in [0.2, 0.25) is 5.02 Å². The first-order chi connectivity index (χ1) is 18.4. The van der Waals surface area contributed by atoms with E-state index in [0.29, 0.717) is 66.1 Å². The van der Waals surface area contributed by atoms with E-state index in [1.54, 1.807) is 19.1 Å². The van der Waals surface area contributed by atoms with Crippen molar-refractivity contribution in [3.8, 4) is 22.8 Å². The van der Waals surface area contributed by atoms with Crippen LogP contribution in [0.5, 0.6) is 11.5 Å². The number of hydrogen-bond donors (Lipinski definition) is 2. The highest BCUT2D eigenvalue weighted by Crippen LogP contribution is 2.33. The van der Waals surface area contributed by atoms with Crippen molar-refractivity contribution in [1.82, 2.24) is 25.2 Å². The van der Waals surface area contributed by atoms with Gasteiger partial charge in [-0.3, -0.25) is 0 Å². The van der Waals surface area contributed by atoms with Crippen LogP contribution in [0.3, 0.4) is 0 Å². The van der Waals surface area contributed by atoms with Crippen LogP contribution >= 0.6 is 11.6 Å². The quantitative estimate of drug-likeness (QED) is 0.382. The number of halogens is 1. The van der Waals surface area contributed by atoms with Gasteiger partial charge < -0.3 is 30.3 Å². The molecule has 0 radical (unpaired) electrons. The summed E-state index contributed by atoms with van der Waals surface area (Å²) in [6.07, 6.45) is 0. The number of ether oxygens (including phenoxy) is 2. The van der Waals surface area contributed by atoms with E-state index in [1.165, 1.54) is 0 Å². The SMILES string of the molecule is COc1ccc(-c2ccc3nc(N)nc(N4CCN(C(=O)NCc5ccc(Cl)cc5)CC4)c3n2)cc1OC. The lowest BCUT2D eigenvalue weighted by molar-refractivity contribution is 0.194. The number of carbonyl (C=O) groups excluding carboxylic acids is 1. The number of rotatable bonds is 6. The Labute approximate surface area is 225 Å². The van der Waals surface area contributed by atoms with Gasteiger partial charge in [0.2, 0.25) is 5.95 Å². The van der Waals surface area contributed by atoms with Gasteiger partial charge in [-0.25, -0.2) is 14.8 Å². The second-order valence-electron chi connectivity index (χ2n) is 8.80. The van der Waals surface area contributed by atoms with Crippen LogP contribution in [0.25, 0.3) is 22.3 Å². The number of fused-ring (bicyclic) bond motifs is 1. The summed E-state index contributed by atoms with van der Waals surface area (Å²) in [5.41, 5.74) is 9.94. The van der Waals surface area contributed by atoms with Gasteiger partial charge in [0.15, 0.2) is 17.3 Å². The largest absolute Gasteiger partial charge is 0.493 e. The first-order valence-electron chi connectivity index (χ1n) is 12.1. The van der Waals surface area contributed by atoms with Crippen molar-refractivity contribution in [3.63, 3.8) is 0 Å². The standard InChI is InChI=1S/C27H28ClN7O3/c1-37-22-10-5-18(15-23(22)38-2)20-8-9-21-24(31-20)25(33-26(29)32-21)34-11-13-35(14-12-34)27(36)30-16-17-3-6-19(28)7-4-17/h3-10,15H,11-14,16H2,1-2H3,(H,30,36)(H2,29,32,33). The van der Waals surface area contributed by atoms with Crippen LogP contribution in [0.1, 0.15) is 5.56 Å². The molecular weight excluding hydrogens is 506 g/mol. The summed E-state index contributed by atoms with van der Waals surface area (Å²) < 4.78 is 10.8. The van der Waals surface area contributed by atoms with E-state index < -0.39 is 0 Å². The van der Waals surface area contributed by atoms with Gasteiger partial charge >= 0.3 is 6.03 Å². The number of nitrogens with one attached hydrogen (secondary N) is 1. The maximum atomic E-state index is 12.7. The molecule has 196 valence electrons. The topological polar surface area (TPSA) is 119 Å². The first kappa shape index (κ1) is 25.3. The molecule has 1 saturated heterocycles. The highest BCUT2D eigenvalue weighted by Gasteiger charge is 2.24. The number of aromatic nitrogens is 3. The van der Waals surface area contributed by atoms with Crippen LogP contribution in [0, 0.1) is 0 Å². The summed E-state index contributed by atoms with van der Waals surface area (Å²) in [6, 6.07) is 16.7. The molecular formula is C27H28ClN7O3. The van der Waals surface area contributed by atoms with Gasteiger partial charge in [0.05, 0.1) is 25.4 Å². The lowest BCUT2D eigenvalue weighted by atomic mass is 10.1. The third-order valence-electron chi connectivity index (χ3n) is 6.44. The van der Waals surface area contributed by atoms with E-state index in [4.69, 9.17) is 31.8 Å². The molecule has 1 fully saturated rings. The van der Waals surface area contributed by atoms with Crippen molar-refractivity contribution in [2.24, 2.45) is 0 Å². The normalized spacial score (nSPS) is 13.4. The van der Waals surface area contributed by atoms with E-state index in [0.717, 1.165) is 16.8 Å². The Balaban J connectivity index is 1.33. The molecule has 0 atom stereocenters. The van der Waals surface area contributed by atoms with E-state index in [2.05, 4.69) is 20.2 Å². The van der Waals surface area contributed by atoms with Gasteiger partial charge in [-0.2, -0.15) is 4.98 Å². The molecule has 3 N–H and O–H groups in total. The van der Waals surface area contributed by atoms with Gasteiger partial charge in [-0.15, -0.1) is 0 Å². The number of carbonyl (C=O) groups is 1. The number of urea groups is 1. The van der Waals surface area contributed by atoms with E-state index >= 15 is 0 Å². The molecule has 0 unspecified atom stereocenters. The lowest BCUT2D eigenvalue weighted by Gasteiger charge is -2.35. The van der Waals surface area contributed by atoms with Gasteiger partial charge in [0.25, 0.3) is 0 Å². The fourth-order valence-electron chi connectivity index (χ4n) is 4.41. The minimum atomic E-state index is -0.111. The highest BCUT2D eigenvalue weighted by atomic mass is 35.5. The van der Waals surface area contributed by atoms with E-state index in [9.17, 15) is 4.79 Å². The van der Waals surface area contributed by atoms with Gasteiger partial charge in [0.1, 0.15) is 5.52 Å². The second kappa shape index (κ2) is 11.0. The smallest absolute Gasteiger partial charge is 0.317 e. The number of nitrogens with zero attached hydrogens (tertiary/aromatic N) is 5. The molecule has 11 heteroatoms. The fourth-order valence-corrected chi connectivity index (χ4v) is 4.53. The summed E-state index contributed by atoms with van der Waals surface area (Å²) in [6.45, 7) is 2.68. The molecule has 1 aliphatic heterocycles. The summed E-state index contributed by atoms with van der Waals surface area (Å²) in [5, 5.41) is 3.64. The number of anilines is 2. The van der Waals surface area contributed by atoms with Crippen LogP contribution in [-0.2, 0) is 6.54 Å². The molecule has 5 rings (SSSR count). The predicted octanol–water partition coefficient (Wildman–Crippen LogP) is 3.98. The zero-order chi connectivity index (χ0) is 26.6. The molecule has 0 bridgehead atoms. The maximum absolute atomic E-state index is 12.7. The Morgan fingerprint density at radius 2 is 1.68 bits per heavy atom. The number of pyridine rings is 1. The zero-order valence-corrected chi connectivity index (χ0v) is 21.9. The molecule has 4 aromatic rings. The third kappa shape index (κ3) is 5.35. The predicted molar refractivity (Wildman–Crippen MR) is 148 cm³/mol. The first-order valence-corrected chi connectivity index (χ1v) is 12.5. The second-order valence-corrected chi connectivity index (χ2v) is 9.24. The third-order valence-corrected chi connectivity index (χ3v) is 6.70. The van der Waals surface area contributed by atoms with Crippen molar-refractivity contribution in [2.75, 3.05) is 51.0 Å². The summed E-state index contributed by atoms with van der Waals surface area (Å²) >= 11 is 5.94. The Hall–Kier alpha value is -4.31. The average molecular weight is 534 g/mol. The molecule has 3 heterocycles. The van der Waals surface area contributed by atoms with E-state index in [1.807, 2.05) is 54.6 Å². The minimum absolute atomic E-state index is 0.111. The van der Waals surface area contributed by atoms with E-state index in [-0.39, 0.29) is 12.0 Å². The highest BCUT2D eigenvalue weighted by molar-refractivity contribution is 6.30. The molecule has 38 heavy (non-hydrogen) atoms. The van der Waals surface area contributed by atoms with Crippen molar-refractivity contribution in [1.29, 1.82) is 0 Å². The number of hydrogen-bond acceptors (Lipinski definition) is 8. The van der Waals surface area contributed by atoms with Crippen LogP contribution < -0.4 is 25.4 Å². The maximum Gasteiger partial charge on any atom is 0.317 e. The Morgan fingerprint density at radius 3 is 2.39 bits per heavy atom. The monoisotopic (exact) mass is 533 g/mol. The van der Waals surface area contributed by atoms with Crippen molar-refractivity contribution >= 4 is 40.4 Å². The van der Waals surface area contributed by atoms with Gasteiger partial charge in [0, 0.05) is 43.3 Å². The van der Waals surface area contributed by atoms with Crippen molar-refractivity contribution in [3.05, 3.63) is 65.2 Å². The summed E-state index contributed by atoms with van der Waals surface area (Å²) in [4.78, 5) is 30.4. The molecule has 2 aromatic heterocycles. The molecule has 10 nitrogen and oxygen atoms in total. The van der Waals surface area contributed by atoms with Crippen molar-refractivity contribution in [2.45, 2.75) is 6.54 Å². The van der Waals surface area contributed by atoms with Crippen LogP contribution in [0.15, 0.2) is 54.6 Å². The number of methoxy groups -OCH3 is 2. The fraction of sp³-hybridized carbons (Fsp3) is 0.259. The zero-order valence-electron chi connectivity index (χ0n) is 21.1. The molecule has 2 aromatic carbocycles. The Bertz CT molecular complexity index is 1460. The van der Waals surface area contributed by atoms with Crippen molar-refractivity contribution < 1.29 is 14.3 Å². The molecule has 2 amide bonds. The number of piperazine rings is 1. The number of benzene rings is 2. The lowest BCUT2D eigenvalue weighted by Crippen LogP contribution is -2.52. The Morgan fingerprint density at radius 1 is 0.947 bits per heavy atom. The average Bonchev–Trinajstić information content (AvgIpc) is 2.95. The molecule has 0 spiro atoms. The van der Waals surface area contributed by atoms with Crippen LogP contribution in [0.4, 0.5) is 16.6 Å². The minimum Gasteiger partial charge on any atom is -0.493 e.